The van der Waals surface area contributed by atoms with Crippen LogP contribution in [0, 0.1) is 0 Å². The van der Waals surface area contributed by atoms with Gasteiger partial charge in [0.2, 0.25) is 0 Å². The molecular weight excluding hydrogens is 725 g/mol. The van der Waals surface area contributed by atoms with Gasteiger partial charge < -0.3 is 13.4 Å². The van der Waals surface area contributed by atoms with E-state index in [1.54, 1.807) is 0 Å². The standard InChI is InChI=1S/C53H30N4O2/c1-2-14-33-28-46-41(26-32(33)13-1)37-17-5-8-21-45(37)57(46)35-29-43-39-19-7-10-23-48(39)59-50(43)44(30-35)53-55-51(34-24-25-49-42(27-34)38-18-6-9-22-47(38)58-49)54-52(56-53)40-20-11-15-31-12-3-4-16-36(31)40/h1-30H. The molecule has 59 heavy (non-hydrogen) atoms. The summed E-state index contributed by atoms with van der Waals surface area (Å²) in [5, 5.41) is 11.0. The van der Waals surface area contributed by atoms with Crippen LogP contribution in [-0.2, 0) is 0 Å². The number of fused-ring (bicyclic) bond motifs is 11. The highest BCUT2D eigenvalue weighted by Gasteiger charge is 2.23. The zero-order chi connectivity index (χ0) is 38.6. The van der Waals surface area contributed by atoms with E-state index in [4.69, 9.17) is 23.8 Å². The molecule has 0 atom stereocenters. The molecule has 13 rings (SSSR count). The van der Waals surface area contributed by atoms with Gasteiger partial charge >= 0.3 is 0 Å². The molecule has 6 heteroatoms. The van der Waals surface area contributed by atoms with Crippen LogP contribution in [0.5, 0.6) is 0 Å². The second-order valence-electron chi connectivity index (χ2n) is 15.2. The second kappa shape index (κ2) is 12.2. The van der Waals surface area contributed by atoms with Gasteiger partial charge in [0, 0.05) is 49.1 Å². The summed E-state index contributed by atoms with van der Waals surface area (Å²) in [7, 11) is 0. The Balaban J connectivity index is 1.13. The molecule has 0 fully saturated rings. The Morgan fingerprint density at radius 1 is 0.339 bits per heavy atom. The summed E-state index contributed by atoms with van der Waals surface area (Å²) < 4.78 is 15.4. The highest BCUT2D eigenvalue weighted by molar-refractivity contribution is 6.15. The lowest BCUT2D eigenvalue weighted by atomic mass is 10.0. The minimum Gasteiger partial charge on any atom is -0.456 e. The third kappa shape index (κ3) is 4.84. The van der Waals surface area contributed by atoms with E-state index in [-0.39, 0.29) is 0 Å². The molecule has 13 aromatic rings. The molecule has 4 heterocycles. The fourth-order valence-electron chi connectivity index (χ4n) is 9.07. The maximum Gasteiger partial charge on any atom is 0.167 e. The monoisotopic (exact) mass is 754 g/mol. The van der Waals surface area contributed by atoms with E-state index < -0.39 is 0 Å². The van der Waals surface area contributed by atoms with Crippen LogP contribution in [0.1, 0.15) is 0 Å². The highest BCUT2D eigenvalue weighted by Crippen LogP contribution is 2.42. The van der Waals surface area contributed by atoms with Crippen molar-refractivity contribution < 1.29 is 8.83 Å². The Kier molecular flexibility index (Phi) is 6.63. The number of benzene rings is 9. The summed E-state index contributed by atoms with van der Waals surface area (Å²) in [5.41, 5.74) is 8.97. The molecule has 0 radical (unpaired) electrons. The second-order valence-corrected chi connectivity index (χ2v) is 15.2. The van der Waals surface area contributed by atoms with Gasteiger partial charge in [-0.25, -0.2) is 15.0 Å². The first-order valence-electron chi connectivity index (χ1n) is 19.8. The summed E-state index contributed by atoms with van der Waals surface area (Å²) in [6.07, 6.45) is 0. The van der Waals surface area contributed by atoms with Crippen molar-refractivity contribution in [2.75, 3.05) is 0 Å². The van der Waals surface area contributed by atoms with Crippen LogP contribution in [-0.4, -0.2) is 19.5 Å². The van der Waals surface area contributed by atoms with Crippen LogP contribution in [0.3, 0.4) is 0 Å². The summed E-state index contributed by atoms with van der Waals surface area (Å²) in [6.45, 7) is 0. The molecule has 4 aromatic heterocycles. The van der Waals surface area contributed by atoms with E-state index >= 15 is 0 Å². The summed E-state index contributed by atoms with van der Waals surface area (Å²) in [5.74, 6) is 1.66. The minimum absolute atomic E-state index is 0.521. The molecule has 0 N–H and O–H groups in total. The van der Waals surface area contributed by atoms with Crippen molar-refractivity contribution in [3.05, 3.63) is 182 Å². The molecule has 6 nitrogen and oxygen atoms in total. The fraction of sp³-hybridized carbons (Fsp3) is 0. The van der Waals surface area contributed by atoms with E-state index in [1.807, 2.05) is 42.5 Å². The Morgan fingerprint density at radius 2 is 0.949 bits per heavy atom. The number of nitrogens with zero attached hydrogens (tertiary/aromatic N) is 4. The molecule has 0 aliphatic rings. The SMILES string of the molecule is c1ccc2cc3c(cc2c1)c1ccccc1n3-c1cc(-c2nc(-c3ccc4oc5ccccc5c4c3)nc(-c3cccc4ccccc34)n2)c2oc3ccccc3c2c1. The largest absolute Gasteiger partial charge is 0.456 e. The highest BCUT2D eigenvalue weighted by atomic mass is 16.3. The first-order valence-corrected chi connectivity index (χ1v) is 19.8. The van der Waals surface area contributed by atoms with Gasteiger partial charge in [-0.15, -0.1) is 0 Å². The number of para-hydroxylation sites is 3. The van der Waals surface area contributed by atoms with Gasteiger partial charge in [-0.05, 0) is 82.2 Å². The zero-order valence-electron chi connectivity index (χ0n) is 31.4. The van der Waals surface area contributed by atoms with Crippen molar-refractivity contribution >= 4 is 87.2 Å². The summed E-state index contributed by atoms with van der Waals surface area (Å²) in [4.78, 5) is 15.9. The lowest BCUT2D eigenvalue weighted by molar-refractivity contribution is 0.669. The normalized spacial score (nSPS) is 12.1. The predicted octanol–water partition coefficient (Wildman–Crippen LogP) is 14.1. The topological polar surface area (TPSA) is 69.9 Å². The first-order chi connectivity index (χ1) is 29.2. The Bertz CT molecular complexity index is 3870. The molecular formula is C53H30N4O2. The van der Waals surface area contributed by atoms with Gasteiger partial charge in [0.05, 0.1) is 16.6 Å². The molecule has 0 spiro atoms. The average Bonchev–Trinajstić information content (AvgIpc) is 3.96. The lowest BCUT2D eigenvalue weighted by Crippen LogP contribution is -2.02. The van der Waals surface area contributed by atoms with Gasteiger partial charge in [-0.1, -0.05) is 121 Å². The minimum atomic E-state index is 0.521. The van der Waals surface area contributed by atoms with Crippen LogP contribution in [0.15, 0.2) is 191 Å². The Morgan fingerprint density at radius 3 is 1.78 bits per heavy atom. The van der Waals surface area contributed by atoms with E-state index in [1.165, 1.54) is 21.5 Å². The number of hydrogen-bond acceptors (Lipinski definition) is 5. The molecule has 0 saturated carbocycles. The van der Waals surface area contributed by atoms with Gasteiger partial charge in [-0.2, -0.15) is 0 Å². The molecule has 0 amide bonds. The van der Waals surface area contributed by atoms with Crippen LogP contribution in [0.25, 0.3) is 127 Å². The van der Waals surface area contributed by atoms with Crippen molar-refractivity contribution in [2.24, 2.45) is 0 Å². The van der Waals surface area contributed by atoms with Gasteiger partial charge in [0.15, 0.2) is 17.5 Å². The molecule has 0 aliphatic heterocycles. The van der Waals surface area contributed by atoms with Crippen molar-refractivity contribution in [1.29, 1.82) is 0 Å². The number of rotatable bonds is 4. The van der Waals surface area contributed by atoms with E-state index in [0.29, 0.717) is 17.5 Å². The van der Waals surface area contributed by atoms with Crippen LogP contribution in [0.4, 0.5) is 0 Å². The first kappa shape index (κ1) is 32.0. The van der Waals surface area contributed by atoms with Crippen molar-refractivity contribution in [3.8, 4) is 39.9 Å². The van der Waals surface area contributed by atoms with Crippen LogP contribution >= 0.6 is 0 Å². The molecule has 0 aliphatic carbocycles. The maximum atomic E-state index is 6.78. The van der Waals surface area contributed by atoms with Crippen molar-refractivity contribution in [1.82, 2.24) is 19.5 Å². The van der Waals surface area contributed by atoms with Crippen LogP contribution in [0.2, 0.25) is 0 Å². The molecule has 0 saturated heterocycles. The Hall–Kier alpha value is -8.09. The third-order valence-corrected chi connectivity index (χ3v) is 11.8. The molecule has 0 bridgehead atoms. The fourth-order valence-corrected chi connectivity index (χ4v) is 9.07. The number of furan rings is 2. The van der Waals surface area contributed by atoms with E-state index in [2.05, 4.69) is 144 Å². The maximum absolute atomic E-state index is 6.78. The summed E-state index contributed by atoms with van der Waals surface area (Å²) in [6, 6.07) is 63.4. The van der Waals surface area contributed by atoms with Gasteiger partial charge in [0.25, 0.3) is 0 Å². The van der Waals surface area contributed by atoms with E-state index in [9.17, 15) is 0 Å². The smallest absolute Gasteiger partial charge is 0.167 e. The number of hydrogen-bond donors (Lipinski definition) is 0. The quantitative estimate of drug-likeness (QED) is 0.179. The van der Waals surface area contributed by atoms with E-state index in [0.717, 1.165) is 88.1 Å². The summed E-state index contributed by atoms with van der Waals surface area (Å²) >= 11 is 0. The molecule has 0 unspecified atom stereocenters. The zero-order valence-corrected chi connectivity index (χ0v) is 31.4. The van der Waals surface area contributed by atoms with Crippen LogP contribution < -0.4 is 0 Å². The van der Waals surface area contributed by atoms with Crippen molar-refractivity contribution in [3.63, 3.8) is 0 Å². The van der Waals surface area contributed by atoms with Gasteiger partial charge in [0.1, 0.15) is 22.3 Å². The number of aromatic nitrogens is 4. The third-order valence-electron chi connectivity index (χ3n) is 11.8. The predicted molar refractivity (Wildman–Crippen MR) is 240 cm³/mol. The molecule has 274 valence electrons. The molecule has 9 aromatic carbocycles. The average molecular weight is 755 g/mol. The lowest BCUT2D eigenvalue weighted by Gasteiger charge is -2.13. The van der Waals surface area contributed by atoms with Crippen molar-refractivity contribution in [2.45, 2.75) is 0 Å². The Labute approximate surface area is 336 Å². The van der Waals surface area contributed by atoms with Gasteiger partial charge in [-0.3, -0.25) is 0 Å².